The second-order valence-corrected chi connectivity index (χ2v) is 18.4. The maximum absolute atomic E-state index is 13.4. The third-order valence-electron chi connectivity index (χ3n) is 9.19. The number of likely N-dealkylation sites (tertiary alicyclic amines) is 1. The molecule has 3 aromatic rings. The number of methoxy groups -OCH3 is 1. The van der Waals surface area contributed by atoms with Crippen molar-refractivity contribution in [1.29, 1.82) is 0 Å². The molecule has 1 atom stereocenters. The SMILES string of the molecule is COc1cc(-c2cnc3cc(OC[C@@H]4CCCN(CCO[Si](C)(C)C(C)(C)C)C4)ccn23)cc(OC(F)F)c1C(=O)NC1CC1. The highest BCUT2D eigenvalue weighted by molar-refractivity contribution is 6.74. The number of benzene rings is 1. The lowest BCUT2D eigenvalue weighted by molar-refractivity contribution is -0.0502. The summed E-state index contributed by atoms with van der Waals surface area (Å²) >= 11 is 0. The van der Waals surface area contributed by atoms with E-state index >= 15 is 0 Å². The summed E-state index contributed by atoms with van der Waals surface area (Å²) in [6.07, 6.45) is 7.46. The number of nitrogens with one attached hydrogen (secondary N) is 1. The molecule has 9 nitrogen and oxygen atoms in total. The normalized spacial score (nSPS) is 17.9. The van der Waals surface area contributed by atoms with Gasteiger partial charge in [0.05, 0.1) is 25.6 Å². The molecule has 12 heteroatoms. The number of alkyl halides is 2. The molecule has 1 saturated carbocycles. The maximum atomic E-state index is 13.4. The van der Waals surface area contributed by atoms with Gasteiger partial charge in [0, 0.05) is 49.5 Å². The number of nitrogens with zero attached hydrogens (tertiary/aromatic N) is 3. The van der Waals surface area contributed by atoms with Crippen LogP contribution in [0.4, 0.5) is 8.78 Å². The molecule has 1 aromatic carbocycles. The van der Waals surface area contributed by atoms with Crippen molar-refractivity contribution in [2.24, 2.45) is 5.92 Å². The van der Waals surface area contributed by atoms with E-state index in [9.17, 15) is 13.6 Å². The van der Waals surface area contributed by atoms with Crippen LogP contribution < -0.4 is 19.5 Å². The number of ether oxygens (including phenoxy) is 3. The van der Waals surface area contributed by atoms with Crippen LogP contribution in [-0.2, 0) is 4.43 Å². The molecule has 2 fully saturated rings. The number of imidazole rings is 1. The van der Waals surface area contributed by atoms with Gasteiger partial charge in [-0.3, -0.25) is 9.20 Å². The molecular formula is C33H46F2N4O5Si. The third-order valence-corrected chi connectivity index (χ3v) is 13.7. The molecule has 45 heavy (non-hydrogen) atoms. The number of carbonyl (C=O) groups excluding carboxylic acids is 1. The summed E-state index contributed by atoms with van der Waals surface area (Å²) in [6, 6.07) is 6.84. The molecule has 3 heterocycles. The quantitative estimate of drug-likeness (QED) is 0.210. The first-order valence-corrected chi connectivity index (χ1v) is 18.7. The lowest BCUT2D eigenvalue weighted by Gasteiger charge is -2.38. The van der Waals surface area contributed by atoms with E-state index in [1.807, 2.05) is 22.7 Å². The van der Waals surface area contributed by atoms with Gasteiger partial charge in [0.2, 0.25) is 0 Å². The summed E-state index contributed by atoms with van der Waals surface area (Å²) in [5.74, 6) is 0.528. The summed E-state index contributed by atoms with van der Waals surface area (Å²) < 4.78 is 51.5. The van der Waals surface area contributed by atoms with Crippen LogP contribution in [0.1, 0.15) is 56.8 Å². The summed E-state index contributed by atoms with van der Waals surface area (Å²) in [6.45, 7) is 12.7. The van der Waals surface area contributed by atoms with E-state index in [1.54, 1.807) is 12.3 Å². The standard InChI is InChI=1S/C33H46F2N4O5Si/c1-33(2,3)45(5,6)43-15-14-38-12-7-8-22(20-38)21-42-25-11-13-39-26(19-36-29(39)18-25)23-16-27(41-4)30(28(17-23)44-32(34)35)31(40)37-24-9-10-24/h11,13,16-19,22,24,32H,7-10,12,14-15,20-21H2,1-6H3,(H,37,40)/t22-/m1/s1. The Bertz CT molecular complexity index is 1490. The third kappa shape index (κ3) is 8.14. The maximum Gasteiger partial charge on any atom is 0.387 e. The van der Waals surface area contributed by atoms with Gasteiger partial charge in [0.25, 0.3) is 5.91 Å². The van der Waals surface area contributed by atoms with Gasteiger partial charge in [-0.1, -0.05) is 20.8 Å². The first-order valence-electron chi connectivity index (χ1n) is 15.8. The van der Waals surface area contributed by atoms with E-state index in [4.69, 9.17) is 18.6 Å². The Morgan fingerprint density at radius 3 is 2.60 bits per heavy atom. The molecule has 0 unspecified atom stereocenters. The number of amides is 1. The summed E-state index contributed by atoms with van der Waals surface area (Å²) in [5, 5.41) is 3.03. The number of carbonyl (C=O) groups is 1. The van der Waals surface area contributed by atoms with E-state index in [0.29, 0.717) is 35.2 Å². The van der Waals surface area contributed by atoms with Crippen LogP contribution in [-0.4, -0.2) is 81.1 Å². The molecule has 0 bridgehead atoms. The predicted molar refractivity (Wildman–Crippen MR) is 172 cm³/mol. The summed E-state index contributed by atoms with van der Waals surface area (Å²) in [4.78, 5) is 19.9. The first kappa shape index (κ1) is 33.1. The van der Waals surface area contributed by atoms with Crippen molar-refractivity contribution in [3.05, 3.63) is 42.2 Å². The highest BCUT2D eigenvalue weighted by Gasteiger charge is 2.37. The average Bonchev–Trinajstić information content (AvgIpc) is 3.69. The molecule has 0 spiro atoms. The highest BCUT2D eigenvalue weighted by atomic mass is 28.4. The van der Waals surface area contributed by atoms with Crippen LogP contribution in [0.5, 0.6) is 17.2 Å². The van der Waals surface area contributed by atoms with Crippen LogP contribution in [0.3, 0.4) is 0 Å². The number of aromatic nitrogens is 2. The average molecular weight is 645 g/mol. The van der Waals surface area contributed by atoms with Gasteiger partial charge < -0.3 is 28.9 Å². The Balaban J connectivity index is 1.25. The molecule has 0 radical (unpaired) electrons. The van der Waals surface area contributed by atoms with E-state index in [-0.39, 0.29) is 28.1 Å². The number of rotatable bonds is 13. The Hall–Kier alpha value is -3.22. The molecule has 1 aliphatic carbocycles. The molecule has 246 valence electrons. The Morgan fingerprint density at radius 2 is 1.91 bits per heavy atom. The number of halogens is 2. The van der Waals surface area contributed by atoms with Crippen LogP contribution in [0, 0.1) is 5.92 Å². The van der Waals surface area contributed by atoms with Gasteiger partial charge in [-0.05, 0) is 68.6 Å². The van der Waals surface area contributed by atoms with Gasteiger partial charge in [-0.25, -0.2) is 4.98 Å². The molecule has 1 saturated heterocycles. The monoisotopic (exact) mass is 644 g/mol. The second kappa shape index (κ2) is 13.6. The topological polar surface area (TPSA) is 86.6 Å². The van der Waals surface area contributed by atoms with Crippen molar-refractivity contribution in [2.45, 2.75) is 77.2 Å². The number of hydrogen-bond acceptors (Lipinski definition) is 7. The van der Waals surface area contributed by atoms with E-state index in [1.165, 1.54) is 13.2 Å². The number of hydrogen-bond donors (Lipinski definition) is 1. The number of piperidine rings is 1. The molecule has 1 amide bonds. The second-order valence-electron chi connectivity index (χ2n) is 13.6. The van der Waals surface area contributed by atoms with Gasteiger partial charge in [0.1, 0.15) is 28.5 Å². The Kier molecular flexibility index (Phi) is 10.0. The van der Waals surface area contributed by atoms with Gasteiger partial charge in [-0.15, -0.1) is 0 Å². The fourth-order valence-electron chi connectivity index (χ4n) is 5.41. The molecule has 1 aliphatic heterocycles. The number of pyridine rings is 1. The molecule has 5 rings (SSSR count). The van der Waals surface area contributed by atoms with Crippen molar-refractivity contribution in [2.75, 3.05) is 40.0 Å². The predicted octanol–water partition coefficient (Wildman–Crippen LogP) is 6.62. The largest absolute Gasteiger partial charge is 0.496 e. The Morgan fingerprint density at radius 1 is 1.16 bits per heavy atom. The van der Waals surface area contributed by atoms with Crippen molar-refractivity contribution in [1.82, 2.24) is 19.6 Å². The fourth-order valence-corrected chi connectivity index (χ4v) is 6.45. The van der Waals surface area contributed by atoms with Gasteiger partial charge in [-0.2, -0.15) is 8.78 Å². The fraction of sp³-hybridized carbons (Fsp3) is 0.576. The van der Waals surface area contributed by atoms with Crippen molar-refractivity contribution >= 4 is 19.9 Å². The van der Waals surface area contributed by atoms with Crippen LogP contribution in [0.15, 0.2) is 36.7 Å². The minimum absolute atomic E-state index is 0.0421. The summed E-state index contributed by atoms with van der Waals surface area (Å²) in [7, 11) is -0.356. The zero-order valence-corrected chi connectivity index (χ0v) is 28.2. The first-order chi connectivity index (χ1) is 21.3. The van der Waals surface area contributed by atoms with E-state index in [0.717, 1.165) is 51.9 Å². The highest BCUT2D eigenvalue weighted by Crippen LogP contribution is 2.38. The van der Waals surface area contributed by atoms with Crippen LogP contribution in [0.2, 0.25) is 18.1 Å². The minimum Gasteiger partial charge on any atom is -0.496 e. The minimum atomic E-state index is -3.11. The molecule has 1 N–H and O–H groups in total. The lowest BCUT2D eigenvalue weighted by Crippen LogP contribution is -2.44. The van der Waals surface area contributed by atoms with E-state index in [2.05, 4.69) is 49.1 Å². The van der Waals surface area contributed by atoms with Gasteiger partial charge >= 0.3 is 6.61 Å². The van der Waals surface area contributed by atoms with Crippen LogP contribution in [0.25, 0.3) is 16.9 Å². The van der Waals surface area contributed by atoms with Crippen molar-refractivity contribution < 1.29 is 32.2 Å². The van der Waals surface area contributed by atoms with Crippen molar-refractivity contribution in [3.8, 4) is 28.5 Å². The molecular weight excluding hydrogens is 598 g/mol. The zero-order valence-electron chi connectivity index (χ0n) is 27.2. The zero-order chi connectivity index (χ0) is 32.4. The van der Waals surface area contributed by atoms with Gasteiger partial charge in [0.15, 0.2) is 8.32 Å². The van der Waals surface area contributed by atoms with E-state index < -0.39 is 20.8 Å². The summed E-state index contributed by atoms with van der Waals surface area (Å²) in [5.41, 5.74) is 1.74. The molecule has 2 aliphatic rings. The molecule has 2 aromatic heterocycles. The Labute approximate surface area is 265 Å². The lowest BCUT2D eigenvalue weighted by atomic mass is 9.99. The van der Waals surface area contributed by atoms with Crippen LogP contribution >= 0.6 is 0 Å². The van der Waals surface area contributed by atoms with Crippen molar-refractivity contribution in [3.63, 3.8) is 0 Å². The number of fused-ring (bicyclic) bond motifs is 1. The smallest absolute Gasteiger partial charge is 0.387 e.